The maximum absolute atomic E-state index is 9.54. The summed E-state index contributed by atoms with van der Waals surface area (Å²) in [5.41, 5.74) is 8.00. The van der Waals surface area contributed by atoms with Crippen LogP contribution in [-0.4, -0.2) is 0 Å². The molecule has 0 unspecified atom stereocenters. The molecule has 46 heavy (non-hydrogen) atoms. The highest BCUT2D eigenvalue weighted by Crippen LogP contribution is 2.45. The van der Waals surface area contributed by atoms with Crippen molar-refractivity contribution < 1.29 is 0 Å². The van der Waals surface area contributed by atoms with E-state index in [9.17, 15) is 21.0 Å². The quantitative estimate of drug-likeness (QED) is 0.195. The predicted octanol–water partition coefficient (Wildman–Crippen LogP) is 10.3. The van der Waals surface area contributed by atoms with E-state index in [1.54, 1.807) is 35.6 Å². The average Bonchev–Trinajstić information content (AvgIpc) is 3.51. The molecule has 0 spiro atoms. The maximum Gasteiger partial charge on any atom is 0.101 e. The van der Waals surface area contributed by atoms with Crippen molar-refractivity contribution in [2.45, 2.75) is 0 Å². The lowest BCUT2D eigenvalue weighted by Gasteiger charge is -2.26. The van der Waals surface area contributed by atoms with Crippen LogP contribution in [0, 0.1) is 45.3 Å². The molecule has 0 saturated heterocycles. The summed E-state index contributed by atoms with van der Waals surface area (Å²) < 4.78 is 2.40. The highest BCUT2D eigenvalue weighted by Gasteiger charge is 2.18. The number of hydrogen-bond acceptors (Lipinski definition) is 6. The molecule has 0 fully saturated rings. The van der Waals surface area contributed by atoms with E-state index >= 15 is 0 Å². The predicted molar refractivity (Wildman–Crippen MR) is 184 cm³/mol. The Labute approximate surface area is 269 Å². The summed E-state index contributed by atoms with van der Waals surface area (Å²) in [7, 11) is 0. The van der Waals surface area contributed by atoms with Crippen molar-refractivity contribution in [1.29, 1.82) is 21.0 Å². The molecule has 7 rings (SSSR count). The van der Waals surface area contributed by atoms with Crippen molar-refractivity contribution in [3.8, 4) is 46.5 Å². The van der Waals surface area contributed by atoms with Crippen LogP contribution in [0.4, 0.5) is 17.1 Å². The Bertz CT molecular complexity index is 2340. The highest BCUT2D eigenvalue weighted by atomic mass is 32.1. The Hall–Kier alpha value is -6.70. The molecule has 6 aromatic carbocycles. The van der Waals surface area contributed by atoms with Gasteiger partial charge in [0.1, 0.15) is 24.3 Å². The van der Waals surface area contributed by atoms with Crippen LogP contribution >= 0.6 is 11.3 Å². The molecule has 0 atom stereocenters. The first-order valence-corrected chi connectivity index (χ1v) is 15.2. The maximum atomic E-state index is 9.54. The van der Waals surface area contributed by atoms with Crippen LogP contribution < -0.4 is 4.90 Å². The molecule has 5 nitrogen and oxygen atoms in total. The zero-order chi connectivity index (χ0) is 31.6. The van der Waals surface area contributed by atoms with Crippen molar-refractivity contribution in [1.82, 2.24) is 0 Å². The van der Waals surface area contributed by atoms with E-state index < -0.39 is 0 Å². The molecular weight excluding hydrogens is 583 g/mol. The fourth-order valence-electron chi connectivity index (χ4n) is 5.77. The topological polar surface area (TPSA) is 98.4 Å². The number of thiophene rings is 1. The first-order valence-electron chi connectivity index (χ1n) is 14.4. The van der Waals surface area contributed by atoms with Crippen LogP contribution in [0.1, 0.15) is 22.3 Å². The Morgan fingerprint density at radius 1 is 0.435 bits per heavy atom. The molecule has 1 aromatic heterocycles. The number of fused-ring (bicyclic) bond motifs is 3. The van der Waals surface area contributed by atoms with Gasteiger partial charge in [0.2, 0.25) is 0 Å². The third kappa shape index (κ3) is 4.89. The monoisotopic (exact) mass is 603 g/mol. The van der Waals surface area contributed by atoms with Crippen molar-refractivity contribution in [2.75, 3.05) is 4.90 Å². The second-order valence-electron chi connectivity index (χ2n) is 10.6. The molecule has 0 saturated carbocycles. The molecule has 0 aliphatic rings. The standard InChI is InChI=1S/C40H21N5S/c41-22-30-10-8-28(20-32(30)24-43)26-12-16-34(17-13-26)45(38-6-3-5-37-36-4-1-2-7-39(36)46-40(37)38)35-18-14-27(15-19-35)29-9-11-31(23-42)33(21-29)25-44/h1-21H. The Balaban J connectivity index is 1.35. The molecule has 0 bridgehead atoms. The summed E-state index contributed by atoms with van der Waals surface area (Å²) in [5.74, 6) is 0. The van der Waals surface area contributed by atoms with E-state index in [4.69, 9.17) is 0 Å². The zero-order valence-electron chi connectivity index (χ0n) is 24.3. The molecule has 212 valence electrons. The van der Waals surface area contributed by atoms with Crippen molar-refractivity contribution in [2.24, 2.45) is 0 Å². The van der Waals surface area contributed by atoms with E-state index in [2.05, 4.69) is 95.9 Å². The lowest BCUT2D eigenvalue weighted by atomic mass is 9.99. The van der Waals surface area contributed by atoms with Gasteiger partial charge in [-0.1, -0.05) is 66.7 Å². The molecular formula is C40H21N5S. The van der Waals surface area contributed by atoms with Gasteiger partial charge in [0.25, 0.3) is 0 Å². The van der Waals surface area contributed by atoms with E-state index in [1.807, 2.05) is 36.4 Å². The first kappa shape index (κ1) is 28.1. The molecule has 7 aromatic rings. The average molecular weight is 604 g/mol. The SMILES string of the molecule is N#Cc1ccc(-c2ccc(N(c3ccc(-c4ccc(C#N)c(C#N)c4)cc3)c3cccc4c3sc3ccccc34)cc2)cc1C#N. The Morgan fingerprint density at radius 2 is 0.913 bits per heavy atom. The van der Waals surface area contributed by atoms with Crippen LogP contribution in [0.25, 0.3) is 42.4 Å². The third-order valence-corrected chi connectivity index (χ3v) is 9.27. The lowest BCUT2D eigenvalue weighted by Crippen LogP contribution is -2.10. The summed E-state index contributed by atoms with van der Waals surface area (Å²) >= 11 is 1.77. The van der Waals surface area contributed by atoms with Crippen molar-refractivity contribution in [3.63, 3.8) is 0 Å². The summed E-state index contributed by atoms with van der Waals surface area (Å²) in [4.78, 5) is 2.24. The molecule has 0 amide bonds. The molecule has 0 aliphatic heterocycles. The summed E-state index contributed by atoms with van der Waals surface area (Å²) in [6.07, 6.45) is 0. The Kier molecular flexibility index (Phi) is 7.18. The van der Waals surface area contributed by atoms with Gasteiger partial charge in [0.05, 0.1) is 32.6 Å². The minimum Gasteiger partial charge on any atom is -0.309 e. The van der Waals surface area contributed by atoms with E-state index in [0.717, 1.165) is 39.3 Å². The van der Waals surface area contributed by atoms with E-state index in [-0.39, 0.29) is 0 Å². The van der Waals surface area contributed by atoms with E-state index in [0.29, 0.717) is 22.3 Å². The molecule has 6 heteroatoms. The number of hydrogen-bond donors (Lipinski definition) is 0. The Morgan fingerprint density at radius 3 is 1.43 bits per heavy atom. The number of rotatable bonds is 5. The van der Waals surface area contributed by atoms with Crippen molar-refractivity contribution >= 4 is 48.6 Å². The summed E-state index contributed by atoms with van der Waals surface area (Å²) in [6, 6.07) is 50.3. The van der Waals surface area contributed by atoms with Gasteiger partial charge in [0.15, 0.2) is 0 Å². The number of nitrogens with zero attached hydrogens (tertiary/aromatic N) is 5. The molecule has 0 N–H and O–H groups in total. The van der Waals surface area contributed by atoms with Gasteiger partial charge in [-0.3, -0.25) is 0 Å². The highest BCUT2D eigenvalue weighted by molar-refractivity contribution is 7.26. The first-order chi connectivity index (χ1) is 22.6. The normalized spacial score (nSPS) is 10.5. The molecule has 0 radical (unpaired) electrons. The second kappa shape index (κ2) is 11.8. The van der Waals surface area contributed by atoms with Gasteiger partial charge in [-0.15, -0.1) is 11.3 Å². The van der Waals surface area contributed by atoms with Crippen LogP contribution in [-0.2, 0) is 0 Å². The van der Waals surface area contributed by atoms with Gasteiger partial charge in [-0.05, 0) is 82.9 Å². The largest absolute Gasteiger partial charge is 0.309 e. The van der Waals surface area contributed by atoms with Gasteiger partial charge in [-0.25, -0.2) is 0 Å². The minimum atomic E-state index is 0.353. The zero-order valence-corrected chi connectivity index (χ0v) is 25.1. The molecule has 0 aliphatic carbocycles. The number of benzene rings is 6. The van der Waals surface area contributed by atoms with Gasteiger partial charge < -0.3 is 4.90 Å². The fourth-order valence-corrected chi connectivity index (χ4v) is 6.98. The second-order valence-corrected chi connectivity index (χ2v) is 11.7. The lowest BCUT2D eigenvalue weighted by molar-refractivity contribution is 1.30. The minimum absolute atomic E-state index is 0.353. The van der Waals surface area contributed by atoms with Gasteiger partial charge >= 0.3 is 0 Å². The van der Waals surface area contributed by atoms with Crippen LogP contribution in [0.2, 0.25) is 0 Å². The van der Waals surface area contributed by atoms with Crippen molar-refractivity contribution in [3.05, 3.63) is 150 Å². The van der Waals surface area contributed by atoms with Gasteiger partial charge in [0, 0.05) is 26.8 Å². The number of anilines is 3. The van der Waals surface area contributed by atoms with E-state index in [1.165, 1.54) is 20.2 Å². The van der Waals surface area contributed by atoms with Crippen LogP contribution in [0.5, 0.6) is 0 Å². The summed E-state index contributed by atoms with van der Waals surface area (Å²) in [6.45, 7) is 0. The smallest absolute Gasteiger partial charge is 0.101 e. The van der Waals surface area contributed by atoms with Crippen LogP contribution in [0.15, 0.2) is 127 Å². The third-order valence-electron chi connectivity index (χ3n) is 8.06. The van der Waals surface area contributed by atoms with Gasteiger partial charge in [-0.2, -0.15) is 21.0 Å². The van der Waals surface area contributed by atoms with Crippen LogP contribution in [0.3, 0.4) is 0 Å². The fraction of sp³-hybridized carbons (Fsp3) is 0. The summed E-state index contributed by atoms with van der Waals surface area (Å²) in [5, 5.41) is 40.2. The number of nitriles is 4. The molecule has 1 heterocycles.